The second-order valence-electron chi connectivity index (χ2n) is 10.4. The maximum absolute atomic E-state index is 4.79. The summed E-state index contributed by atoms with van der Waals surface area (Å²) in [4.78, 5) is 32.7. The molecule has 0 saturated carbocycles. The quantitative estimate of drug-likeness (QED) is 0.305. The average molecular weight is 537 g/mol. The molecule has 0 radical (unpaired) electrons. The third-order valence-corrected chi connectivity index (χ3v) is 6.81. The van der Waals surface area contributed by atoms with Gasteiger partial charge in [0.1, 0.15) is 0 Å². The fraction of sp³-hybridized carbons (Fsp3) is 0.750. The van der Waals surface area contributed by atoms with Crippen LogP contribution in [0.5, 0.6) is 0 Å². The van der Waals surface area contributed by atoms with Crippen LogP contribution in [-0.4, -0.2) is 66.2 Å². The standard InChI is InChI=1S/C24H44N10S2/c1-13(2)25-19-27-21(33(15(5)6)16(7)8)31-23(29-19)35-36-24-30-20(26-14(3)4)28-22(32-24)34(17(9)10)18(11)12/h13-18H,1-12H3,(H,25,27,29,31)(H,26,28,30,32). The zero-order chi connectivity index (χ0) is 27.2. The van der Waals surface area contributed by atoms with Gasteiger partial charge < -0.3 is 20.4 Å². The number of rotatable bonds is 13. The van der Waals surface area contributed by atoms with Crippen LogP contribution in [0.25, 0.3) is 0 Å². The van der Waals surface area contributed by atoms with Crippen LogP contribution in [0.15, 0.2) is 10.3 Å². The smallest absolute Gasteiger partial charge is 0.231 e. The molecule has 2 N–H and O–H groups in total. The Morgan fingerprint density at radius 3 is 1.03 bits per heavy atom. The number of anilines is 4. The average Bonchev–Trinajstić information content (AvgIpc) is 2.70. The predicted octanol–water partition coefficient (Wildman–Crippen LogP) is 5.74. The van der Waals surface area contributed by atoms with Gasteiger partial charge in [0.15, 0.2) is 0 Å². The fourth-order valence-electron chi connectivity index (χ4n) is 3.83. The van der Waals surface area contributed by atoms with Gasteiger partial charge in [-0.1, -0.05) is 0 Å². The maximum Gasteiger partial charge on any atom is 0.231 e. The fourth-order valence-corrected chi connectivity index (χ4v) is 5.36. The lowest BCUT2D eigenvalue weighted by Crippen LogP contribution is -2.38. The van der Waals surface area contributed by atoms with Crippen molar-refractivity contribution in [3.05, 3.63) is 0 Å². The highest BCUT2D eigenvalue weighted by atomic mass is 33.1. The summed E-state index contributed by atoms with van der Waals surface area (Å²) in [5.74, 6) is 2.44. The molecule has 0 saturated heterocycles. The molecular weight excluding hydrogens is 492 g/mol. The minimum Gasteiger partial charge on any atom is -0.352 e. The van der Waals surface area contributed by atoms with Gasteiger partial charge in [-0.15, -0.1) is 0 Å². The Balaban J connectivity index is 2.44. The number of hydrogen-bond donors (Lipinski definition) is 2. The number of aromatic nitrogens is 6. The van der Waals surface area contributed by atoms with Crippen LogP contribution in [0.2, 0.25) is 0 Å². The van der Waals surface area contributed by atoms with E-state index in [0.29, 0.717) is 34.1 Å². The van der Waals surface area contributed by atoms with Crippen LogP contribution in [0.1, 0.15) is 83.1 Å². The molecule has 0 spiro atoms. The van der Waals surface area contributed by atoms with Crippen molar-refractivity contribution in [3.63, 3.8) is 0 Å². The van der Waals surface area contributed by atoms with E-state index in [1.54, 1.807) is 0 Å². The summed E-state index contributed by atoms with van der Waals surface area (Å²) < 4.78 is 0. The van der Waals surface area contributed by atoms with Crippen LogP contribution in [0.4, 0.5) is 23.8 Å². The Labute approximate surface area is 225 Å². The van der Waals surface area contributed by atoms with Gasteiger partial charge in [0.05, 0.1) is 0 Å². The first-order valence-corrected chi connectivity index (χ1v) is 14.9. The topological polar surface area (TPSA) is 108 Å². The Hall–Kier alpha value is -2.08. The molecule has 0 aliphatic carbocycles. The van der Waals surface area contributed by atoms with Crippen molar-refractivity contribution in [2.24, 2.45) is 0 Å². The van der Waals surface area contributed by atoms with E-state index in [2.05, 4.69) is 113 Å². The van der Waals surface area contributed by atoms with Crippen molar-refractivity contribution in [1.82, 2.24) is 29.9 Å². The molecule has 10 nitrogen and oxygen atoms in total. The van der Waals surface area contributed by atoms with Gasteiger partial charge in [0.2, 0.25) is 34.1 Å². The third kappa shape index (κ3) is 8.79. The van der Waals surface area contributed by atoms with E-state index in [1.807, 2.05) is 0 Å². The number of hydrogen-bond acceptors (Lipinski definition) is 12. The molecule has 12 heteroatoms. The van der Waals surface area contributed by atoms with E-state index < -0.39 is 0 Å². The Morgan fingerprint density at radius 2 is 0.778 bits per heavy atom. The monoisotopic (exact) mass is 536 g/mol. The summed E-state index contributed by atoms with van der Waals surface area (Å²) in [5.41, 5.74) is 0. The summed E-state index contributed by atoms with van der Waals surface area (Å²) in [5, 5.41) is 7.86. The van der Waals surface area contributed by atoms with E-state index in [1.165, 1.54) is 21.6 Å². The molecular formula is C24H44N10S2. The number of nitrogens with zero attached hydrogens (tertiary/aromatic N) is 8. The van der Waals surface area contributed by atoms with E-state index in [4.69, 9.17) is 19.9 Å². The molecule has 0 aliphatic heterocycles. The van der Waals surface area contributed by atoms with Crippen molar-refractivity contribution >= 4 is 45.4 Å². The summed E-state index contributed by atoms with van der Waals surface area (Å²) in [7, 11) is 2.85. The molecule has 202 valence electrons. The highest BCUT2D eigenvalue weighted by molar-refractivity contribution is 8.76. The predicted molar refractivity (Wildman–Crippen MR) is 154 cm³/mol. The van der Waals surface area contributed by atoms with E-state index in [9.17, 15) is 0 Å². The lowest BCUT2D eigenvalue weighted by atomic mass is 10.2. The molecule has 0 aromatic carbocycles. The summed E-state index contributed by atoms with van der Waals surface area (Å²) in [6, 6.07) is 1.40. The summed E-state index contributed by atoms with van der Waals surface area (Å²) in [6.07, 6.45) is 0. The first-order chi connectivity index (χ1) is 16.8. The van der Waals surface area contributed by atoms with Crippen LogP contribution < -0.4 is 20.4 Å². The first kappa shape index (κ1) is 30.1. The molecule has 0 bridgehead atoms. The molecule has 2 heterocycles. The molecule has 36 heavy (non-hydrogen) atoms. The van der Waals surface area contributed by atoms with E-state index >= 15 is 0 Å². The maximum atomic E-state index is 4.79. The van der Waals surface area contributed by atoms with Crippen molar-refractivity contribution in [2.45, 2.75) is 130 Å². The largest absolute Gasteiger partial charge is 0.352 e. The van der Waals surface area contributed by atoms with Gasteiger partial charge in [-0.25, -0.2) is 0 Å². The zero-order valence-electron chi connectivity index (χ0n) is 23.9. The highest BCUT2D eigenvalue weighted by Crippen LogP contribution is 2.36. The van der Waals surface area contributed by atoms with Crippen molar-refractivity contribution in [3.8, 4) is 0 Å². The molecule has 0 unspecified atom stereocenters. The van der Waals surface area contributed by atoms with Gasteiger partial charge in [0.25, 0.3) is 0 Å². The summed E-state index contributed by atoms with van der Waals surface area (Å²) >= 11 is 0. The van der Waals surface area contributed by atoms with Crippen molar-refractivity contribution < 1.29 is 0 Å². The molecule has 0 atom stereocenters. The minimum atomic E-state index is 0.200. The molecule has 0 amide bonds. The third-order valence-electron chi connectivity index (χ3n) is 4.92. The van der Waals surface area contributed by atoms with Crippen molar-refractivity contribution in [1.29, 1.82) is 0 Å². The van der Waals surface area contributed by atoms with E-state index in [-0.39, 0.29) is 36.3 Å². The van der Waals surface area contributed by atoms with Gasteiger partial charge in [-0.2, -0.15) is 29.9 Å². The van der Waals surface area contributed by atoms with Gasteiger partial charge >= 0.3 is 0 Å². The zero-order valence-corrected chi connectivity index (χ0v) is 25.5. The Morgan fingerprint density at radius 1 is 0.472 bits per heavy atom. The van der Waals surface area contributed by atoms with Crippen molar-refractivity contribution in [2.75, 3.05) is 20.4 Å². The normalized spacial score (nSPS) is 11.9. The molecule has 0 fully saturated rings. The molecule has 0 aliphatic rings. The minimum absolute atomic E-state index is 0.200. The van der Waals surface area contributed by atoms with Crippen LogP contribution in [-0.2, 0) is 0 Å². The second kappa shape index (κ2) is 13.5. The summed E-state index contributed by atoms with van der Waals surface area (Å²) in [6.45, 7) is 25.4. The molecule has 2 aromatic rings. The van der Waals surface area contributed by atoms with Crippen LogP contribution in [0.3, 0.4) is 0 Å². The molecule has 2 aromatic heterocycles. The van der Waals surface area contributed by atoms with Gasteiger partial charge in [-0.3, -0.25) is 0 Å². The van der Waals surface area contributed by atoms with Crippen LogP contribution in [0, 0.1) is 0 Å². The van der Waals surface area contributed by atoms with Gasteiger partial charge in [-0.05, 0) is 105 Å². The Bertz CT molecular complexity index is 872. The molecule has 2 rings (SSSR count). The first-order valence-electron chi connectivity index (χ1n) is 12.7. The van der Waals surface area contributed by atoms with Crippen LogP contribution >= 0.6 is 21.6 Å². The SMILES string of the molecule is CC(C)Nc1nc(SSc2nc(NC(C)C)nc(N(C(C)C)C(C)C)n2)nc(N(C(C)C)C(C)C)n1. The van der Waals surface area contributed by atoms with Gasteiger partial charge in [0, 0.05) is 36.3 Å². The van der Waals surface area contributed by atoms with E-state index in [0.717, 1.165) is 0 Å². The lowest BCUT2D eigenvalue weighted by molar-refractivity contribution is 0.584. The lowest BCUT2D eigenvalue weighted by Gasteiger charge is -2.31. The second-order valence-corrected chi connectivity index (χ2v) is 12.5. The Kier molecular flexibility index (Phi) is 11.3. The number of nitrogens with one attached hydrogen (secondary N) is 2. The highest BCUT2D eigenvalue weighted by Gasteiger charge is 2.22.